The molecule has 0 spiro atoms. The van der Waals surface area contributed by atoms with Crippen LogP contribution in [-0.4, -0.2) is 47.8 Å². The molecule has 126 valence electrons. The van der Waals surface area contributed by atoms with E-state index in [1.165, 1.54) is 0 Å². The van der Waals surface area contributed by atoms with Crippen LogP contribution in [0.2, 0.25) is 0 Å². The lowest BCUT2D eigenvalue weighted by Gasteiger charge is -2.29. The van der Waals surface area contributed by atoms with Crippen LogP contribution in [0, 0.1) is 0 Å². The molecule has 0 bridgehead atoms. The molecular formula is C17H20N4O3. The van der Waals surface area contributed by atoms with Gasteiger partial charge in [-0.3, -0.25) is 19.7 Å². The number of nitrogens with one attached hydrogen (secondary N) is 3. The molecule has 2 fully saturated rings. The Kier molecular flexibility index (Phi) is 3.82. The molecule has 24 heavy (non-hydrogen) atoms. The molecule has 7 heteroatoms. The van der Waals surface area contributed by atoms with Crippen molar-refractivity contribution in [1.29, 1.82) is 0 Å². The molecule has 3 heterocycles. The van der Waals surface area contributed by atoms with Crippen molar-refractivity contribution >= 4 is 17.7 Å². The van der Waals surface area contributed by atoms with Gasteiger partial charge < -0.3 is 15.5 Å². The first-order valence-electron chi connectivity index (χ1n) is 8.33. The van der Waals surface area contributed by atoms with Gasteiger partial charge in [-0.25, -0.2) is 0 Å². The van der Waals surface area contributed by atoms with Crippen molar-refractivity contribution < 1.29 is 14.4 Å². The second-order valence-corrected chi connectivity index (χ2v) is 6.58. The molecule has 3 amide bonds. The largest absolute Gasteiger partial charge is 0.322 e. The number of carbonyl (C=O) groups excluding carboxylic acids is 3. The van der Waals surface area contributed by atoms with E-state index < -0.39 is 6.04 Å². The predicted molar refractivity (Wildman–Crippen MR) is 86.0 cm³/mol. The lowest BCUT2D eigenvalue weighted by atomic mass is 10.0. The number of carbonyl (C=O) groups is 3. The minimum Gasteiger partial charge on any atom is -0.322 e. The Hall–Kier alpha value is -2.25. The van der Waals surface area contributed by atoms with E-state index in [9.17, 15) is 14.4 Å². The first kappa shape index (κ1) is 15.3. The molecule has 1 aromatic carbocycles. The molecule has 0 radical (unpaired) electrons. The Morgan fingerprint density at radius 3 is 2.75 bits per heavy atom. The van der Waals surface area contributed by atoms with E-state index in [1.54, 1.807) is 4.90 Å². The second kappa shape index (κ2) is 5.99. The number of imide groups is 1. The average molecular weight is 328 g/mol. The van der Waals surface area contributed by atoms with Gasteiger partial charge >= 0.3 is 0 Å². The highest BCUT2D eigenvalue weighted by molar-refractivity contribution is 6.05. The molecule has 0 saturated carbocycles. The lowest BCUT2D eigenvalue weighted by molar-refractivity contribution is -0.136. The topological polar surface area (TPSA) is 90.5 Å². The maximum Gasteiger partial charge on any atom is 0.255 e. The lowest BCUT2D eigenvalue weighted by Crippen LogP contribution is -2.55. The van der Waals surface area contributed by atoms with Crippen molar-refractivity contribution in [3.05, 3.63) is 34.9 Å². The van der Waals surface area contributed by atoms with Gasteiger partial charge in [-0.1, -0.05) is 12.1 Å². The summed E-state index contributed by atoms with van der Waals surface area (Å²) in [5, 5.41) is 9.02. The van der Waals surface area contributed by atoms with Gasteiger partial charge in [0.15, 0.2) is 0 Å². The van der Waals surface area contributed by atoms with Crippen molar-refractivity contribution in [2.75, 3.05) is 13.1 Å². The maximum absolute atomic E-state index is 12.7. The average Bonchev–Trinajstić information content (AvgIpc) is 2.84. The zero-order valence-corrected chi connectivity index (χ0v) is 13.3. The second-order valence-electron chi connectivity index (χ2n) is 6.58. The highest BCUT2D eigenvalue weighted by Gasteiger charge is 2.39. The summed E-state index contributed by atoms with van der Waals surface area (Å²) < 4.78 is 0. The summed E-state index contributed by atoms with van der Waals surface area (Å²) in [6.07, 6.45) is 0.672. The fourth-order valence-electron chi connectivity index (χ4n) is 3.50. The van der Waals surface area contributed by atoms with Crippen LogP contribution in [-0.2, 0) is 22.7 Å². The van der Waals surface area contributed by atoms with E-state index in [1.807, 2.05) is 18.2 Å². The fraction of sp³-hybridized carbons (Fsp3) is 0.471. The van der Waals surface area contributed by atoms with Crippen LogP contribution in [0.5, 0.6) is 0 Å². The van der Waals surface area contributed by atoms with Crippen LogP contribution in [0.15, 0.2) is 18.2 Å². The fourth-order valence-corrected chi connectivity index (χ4v) is 3.50. The molecule has 1 aromatic rings. The number of nitrogens with zero attached hydrogens (tertiary/aromatic N) is 1. The maximum atomic E-state index is 12.7. The van der Waals surface area contributed by atoms with Crippen LogP contribution in [0.1, 0.15) is 34.3 Å². The van der Waals surface area contributed by atoms with Crippen LogP contribution in [0.3, 0.4) is 0 Å². The Bertz CT molecular complexity index is 714. The molecule has 4 rings (SSSR count). The number of hydrogen-bond donors (Lipinski definition) is 3. The summed E-state index contributed by atoms with van der Waals surface area (Å²) in [6.45, 7) is 3.08. The van der Waals surface area contributed by atoms with E-state index in [2.05, 4.69) is 16.0 Å². The van der Waals surface area contributed by atoms with Gasteiger partial charge in [0.1, 0.15) is 6.04 Å². The first-order chi connectivity index (χ1) is 11.6. The third-order valence-corrected chi connectivity index (χ3v) is 5.04. The molecule has 3 N–H and O–H groups in total. The van der Waals surface area contributed by atoms with E-state index in [0.29, 0.717) is 31.1 Å². The highest BCUT2D eigenvalue weighted by Crippen LogP contribution is 2.29. The molecule has 0 aromatic heterocycles. The summed E-state index contributed by atoms with van der Waals surface area (Å²) in [7, 11) is 0. The smallest absolute Gasteiger partial charge is 0.255 e. The third kappa shape index (κ3) is 2.59. The van der Waals surface area contributed by atoms with Gasteiger partial charge in [0, 0.05) is 44.2 Å². The number of hydrogen-bond acceptors (Lipinski definition) is 5. The molecule has 0 aliphatic carbocycles. The SMILES string of the molecule is O=C1CCC(N2Cc3c(CNC4CNC4)cccc3C2=O)C(=O)N1. The van der Waals surface area contributed by atoms with Crippen molar-refractivity contribution in [1.82, 2.24) is 20.9 Å². The summed E-state index contributed by atoms with van der Waals surface area (Å²) in [6, 6.07) is 5.65. The van der Waals surface area contributed by atoms with Gasteiger partial charge in [-0.05, 0) is 23.6 Å². The van der Waals surface area contributed by atoms with Gasteiger partial charge in [-0.2, -0.15) is 0 Å². The van der Waals surface area contributed by atoms with E-state index >= 15 is 0 Å². The Labute approximate surface area is 139 Å². The van der Waals surface area contributed by atoms with Crippen molar-refractivity contribution in [2.45, 2.75) is 38.0 Å². The van der Waals surface area contributed by atoms with Crippen molar-refractivity contribution in [3.8, 4) is 0 Å². The minimum atomic E-state index is -0.556. The quantitative estimate of drug-likeness (QED) is 0.649. The van der Waals surface area contributed by atoms with E-state index in [0.717, 1.165) is 24.2 Å². The normalized spacial score (nSPS) is 23.9. The Morgan fingerprint density at radius 1 is 1.21 bits per heavy atom. The number of amides is 3. The zero-order valence-electron chi connectivity index (χ0n) is 13.3. The molecular weight excluding hydrogens is 308 g/mol. The summed E-state index contributed by atoms with van der Waals surface area (Å²) in [4.78, 5) is 37.7. The van der Waals surface area contributed by atoms with Crippen LogP contribution < -0.4 is 16.0 Å². The first-order valence-corrected chi connectivity index (χ1v) is 8.33. The monoisotopic (exact) mass is 328 g/mol. The van der Waals surface area contributed by atoms with Crippen LogP contribution >= 0.6 is 0 Å². The Balaban J connectivity index is 1.53. The van der Waals surface area contributed by atoms with Crippen LogP contribution in [0.25, 0.3) is 0 Å². The molecule has 3 aliphatic rings. The number of benzene rings is 1. The number of rotatable bonds is 4. The van der Waals surface area contributed by atoms with E-state index in [-0.39, 0.29) is 24.1 Å². The summed E-state index contributed by atoms with van der Waals surface area (Å²) >= 11 is 0. The standard InChI is InChI=1S/C17H20N4O3/c22-15-5-4-14(16(23)20-15)21-9-13-10(6-19-11-7-18-8-11)2-1-3-12(13)17(21)24/h1-3,11,14,18-19H,4-9H2,(H,20,22,23). The minimum absolute atomic E-state index is 0.119. The molecule has 7 nitrogen and oxygen atoms in total. The van der Waals surface area contributed by atoms with Gasteiger partial charge in [-0.15, -0.1) is 0 Å². The van der Waals surface area contributed by atoms with Gasteiger partial charge in [0.05, 0.1) is 0 Å². The summed E-state index contributed by atoms with van der Waals surface area (Å²) in [5.74, 6) is -0.751. The van der Waals surface area contributed by atoms with Crippen LogP contribution in [0.4, 0.5) is 0 Å². The van der Waals surface area contributed by atoms with Gasteiger partial charge in [0.2, 0.25) is 11.8 Å². The molecule has 1 unspecified atom stereocenters. The Morgan fingerprint density at radius 2 is 2.04 bits per heavy atom. The predicted octanol–water partition coefficient (Wildman–Crippen LogP) is -0.491. The van der Waals surface area contributed by atoms with Crippen molar-refractivity contribution in [2.24, 2.45) is 0 Å². The van der Waals surface area contributed by atoms with Crippen molar-refractivity contribution in [3.63, 3.8) is 0 Å². The summed E-state index contributed by atoms with van der Waals surface area (Å²) in [5.41, 5.74) is 2.76. The molecule has 1 atom stereocenters. The number of fused-ring (bicyclic) bond motifs is 1. The zero-order chi connectivity index (χ0) is 16.7. The van der Waals surface area contributed by atoms with E-state index in [4.69, 9.17) is 0 Å². The molecule has 2 saturated heterocycles. The number of piperidine rings is 1. The molecule has 3 aliphatic heterocycles. The highest BCUT2D eigenvalue weighted by atomic mass is 16.2. The third-order valence-electron chi connectivity index (χ3n) is 5.04. The van der Waals surface area contributed by atoms with Gasteiger partial charge in [0.25, 0.3) is 5.91 Å².